The van der Waals surface area contributed by atoms with Gasteiger partial charge in [0, 0.05) is 6.54 Å². The number of fused-ring (bicyclic) bond motifs is 1. The van der Waals surface area contributed by atoms with Crippen LogP contribution < -0.4 is 0 Å². The smallest absolute Gasteiger partial charge is 0.257 e. The van der Waals surface area contributed by atoms with Crippen LogP contribution in [-0.4, -0.2) is 22.3 Å². The molecular weight excluding hydrogens is 311 g/mol. The fourth-order valence-electron chi connectivity index (χ4n) is 3.09. The average molecular weight is 326 g/mol. The molecule has 2 aromatic carbocycles. The van der Waals surface area contributed by atoms with E-state index in [1.807, 2.05) is 24.3 Å². The van der Waals surface area contributed by atoms with Gasteiger partial charge in [0.15, 0.2) is 0 Å². The Bertz CT molecular complexity index is 843. The summed E-state index contributed by atoms with van der Waals surface area (Å²) in [5.74, 6) is -0.711. The van der Waals surface area contributed by atoms with Gasteiger partial charge in [-0.2, -0.15) is 0 Å². The first-order chi connectivity index (χ1) is 11.2. The molecule has 1 fully saturated rings. The van der Waals surface area contributed by atoms with Crippen molar-refractivity contribution in [3.63, 3.8) is 0 Å². The maximum Gasteiger partial charge on any atom is 0.257 e. The molecule has 3 aromatic rings. The standard InChI is InChI=1S/C18H15FN2OS/c19-13-7-2-1-6-12(13)18(22)21-11-5-9-15(21)17-20-14-8-3-4-10-16(14)23-17/h1-4,6-8,10,15H,5,9,11H2/t15-/m0/s1. The number of hydrogen-bond acceptors (Lipinski definition) is 3. The molecule has 0 spiro atoms. The van der Waals surface area contributed by atoms with E-state index in [4.69, 9.17) is 0 Å². The van der Waals surface area contributed by atoms with Crippen LogP contribution in [-0.2, 0) is 0 Å². The highest BCUT2D eigenvalue weighted by Crippen LogP contribution is 2.37. The highest BCUT2D eigenvalue weighted by Gasteiger charge is 2.33. The number of likely N-dealkylation sites (tertiary alicyclic amines) is 1. The summed E-state index contributed by atoms with van der Waals surface area (Å²) in [6.07, 6.45) is 1.79. The van der Waals surface area contributed by atoms with Gasteiger partial charge >= 0.3 is 0 Å². The number of rotatable bonds is 2. The van der Waals surface area contributed by atoms with E-state index in [0.717, 1.165) is 28.1 Å². The lowest BCUT2D eigenvalue weighted by atomic mass is 10.1. The Balaban J connectivity index is 1.69. The van der Waals surface area contributed by atoms with Crippen molar-refractivity contribution >= 4 is 27.5 Å². The van der Waals surface area contributed by atoms with Crippen LogP contribution in [0.15, 0.2) is 48.5 Å². The number of thiazole rings is 1. The molecule has 3 nitrogen and oxygen atoms in total. The van der Waals surface area contributed by atoms with E-state index < -0.39 is 5.82 Å². The lowest BCUT2D eigenvalue weighted by Gasteiger charge is -2.23. The number of aromatic nitrogens is 1. The van der Waals surface area contributed by atoms with Crippen molar-refractivity contribution in [2.24, 2.45) is 0 Å². The van der Waals surface area contributed by atoms with Gasteiger partial charge in [-0.3, -0.25) is 4.79 Å². The van der Waals surface area contributed by atoms with Crippen molar-refractivity contribution in [2.75, 3.05) is 6.54 Å². The zero-order valence-corrected chi connectivity index (χ0v) is 13.2. The average Bonchev–Trinajstić information content (AvgIpc) is 3.21. The minimum atomic E-state index is -0.465. The number of carbonyl (C=O) groups is 1. The van der Waals surface area contributed by atoms with Gasteiger partial charge in [0.2, 0.25) is 0 Å². The van der Waals surface area contributed by atoms with Crippen LogP contribution in [0.1, 0.15) is 34.2 Å². The van der Waals surface area contributed by atoms with Crippen molar-refractivity contribution in [3.8, 4) is 0 Å². The molecule has 0 saturated carbocycles. The zero-order chi connectivity index (χ0) is 15.8. The van der Waals surface area contributed by atoms with Crippen LogP contribution in [0.5, 0.6) is 0 Å². The first-order valence-corrected chi connectivity index (χ1v) is 8.46. The molecule has 23 heavy (non-hydrogen) atoms. The molecular formula is C18H15FN2OS. The predicted molar refractivity (Wildman–Crippen MR) is 89.0 cm³/mol. The number of hydrogen-bond donors (Lipinski definition) is 0. The topological polar surface area (TPSA) is 33.2 Å². The molecule has 1 aliphatic heterocycles. The van der Waals surface area contributed by atoms with Gasteiger partial charge in [-0.1, -0.05) is 24.3 Å². The van der Waals surface area contributed by atoms with E-state index >= 15 is 0 Å². The molecule has 1 saturated heterocycles. The van der Waals surface area contributed by atoms with E-state index in [9.17, 15) is 9.18 Å². The fraction of sp³-hybridized carbons (Fsp3) is 0.222. The Morgan fingerprint density at radius 1 is 1.17 bits per heavy atom. The lowest BCUT2D eigenvalue weighted by molar-refractivity contribution is 0.0731. The van der Waals surface area contributed by atoms with Crippen LogP contribution in [0, 0.1) is 5.82 Å². The Labute approximate surface area is 137 Å². The summed E-state index contributed by atoms with van der Waals surface area (Å²) >= 11 is 1.62. The van der Waals surface area contributed by atoms with E-state index in [1.54, 1.807) is 34.4 Å². The third-order valence-electron chi connectivity index (χ3n) is 4.21. The molecule has 2 heterocycles. The van der Waals surface area contributed by atoms with E-state index in [-0.39, 0.29) is 17.5 Å². The zero-order valence-electron chi connectivity index (χ0n) is 12.4. The summed E-state index contributed by atoms with van der Waals surface area (Å²) in [6.45, 7) is 0.647. The Hall–Kier alpha value is -2.27. The molecule has 1 amide bonds. The molecule has 1 aliphatic rings. The molecule has 1 aromatic heterocycles. The monoisotopic (exact) mass is 326 g/mol. The Kier molecular flexibility index (Phi) is 3.58. The summed E-state index contributed by atoms with van der Waals surface area (Å²) in [4.78, 5) is 19.2. The summed E-state index contributed by atoms with van der Waals surface area (Å²) in [5.41, 5.74) is 1.10. The van der Waals surface area contributed by atoms with Crippen molar-refractivity contribution in [3.05, 3.63) is 64.9 Å². The highest BCUT2D eigenvalue weighted by molar-refractivity contribution is 7.18. The number of nitrogens with zero attached hydrogens (tertiary/aromatic N) is 2. The second-order valence-electron chi connectivity index (χ2n) is 5.66. The molecule has 0 aliphatic carbocycles. The van der Waals surface area contributed by atoms with Crippen LogP contribution in [0.2, 0.25) is 0 Å². The van der Waals surface area contributed by atoms with Crippen LogP contribution in [0.3, 0.4) is 0 Å². The molecule has 116 valence electrons. The van der Waals surface area contributed by atoms with Gasteiger partial charge < -0.3 is 4.90 Å². The van der Waals surface area contributed by atoms with Gasteiger partial charge in [0.1, 0.15) is 10.8 Å². The molecule has 0 N–H and O–H groups in total. The maximum absolute atomic E-state index is 13.9. The van der Waals surface area contributed by atoms with Gasteiger partial charge in [-0.25, -0.2) is 9.37 Å². The first-order valence-electron chi connectivity index (χ1n) is 7.65. The van der Waals surface area contributed by atoms with Gasteiger partial charge in [0.05, 0.1) is 21.8 Å². The lowest BCUT2D eigenvalue weighted by Crippen LogP contribution is -2.31. The minimum absolute atomic E-state index is 0.0560. The van der Waals surface area contributed by atoms with E-state index in [0.29, 0.717) is 6.54 Å². The molecule has 5 heteroatoms. The normalized spacial score (nSPS) is 17.8. The van der Waals surface area contributed by atoms with Gasteiger partial charge in [0.25, 0.3) is 5.91 Å². The minimum Gasteiger partial charge on any atom is -0.329 e. The molecule has 0 unspecified atom stereocenters. The second-order valence-corrected chi connectivity index (χ2v) is 6.72. The fourth-order valence-corrected chi connectivity index (χ4v) is 4.20. The maximum atomic E-state index is 13.9. The summed E-state index contributed by atoms with van der Waals surface area (Å²) in [7, 11) is 0. The number of benzene rings is 2. The number of halogens is 1. The molecule has 0 radical (unpaired) electrons. The van der Waals surface area contributed by atoms with E-state index in [2.05, 4.69) is 4.98 Å². The number of amides is 1. The molecule has 4 rings (SSSR count). The van der Waals surface area contributed by atoms with Crippen molar-refractivity contribution < 1.29 is 9.18 Å². The Morgan fingerprint density at radius 2 is 1.96 bits per heavy atom. The largest absolute Gasteiger partial charge is 0.329 e. The summed E-state index contributed by atoms with van der Waals surface area (Å²) in [5, 5.41) is 0.938. The molecule has 1 atom stereocenters. The van der Waals surface area contributed by atoms with Crippen molar-refractivity contribution in [1.82, 2.24) is 9.88 Å². The number of carbonyl (C=O) groups excluding carboxylic acids is 1. The van der Waals surface area contributed by atoms with Crippen LogP contribution in [0.4, 0.5) is 4.39 Å². The van der Waals surface area contributed by atoms with Crippen LogP contribution >= 0.6 is 11.3 Å². The number of para-hydroxylation sites is 1. The third-order valence-corrected chi connectivity index (χ3v) is 5.35. The van der Waals surface area contributed by atoms with Crippen molar-refractivity contribution in [1.29, 1.82) is 0 Å². The third kappa shape index (κ3) is 2.51. The SMILES string of the molecule is O=C(c1ccccc1F)N1CCC[C@H]1c1nc2ccccc2s1. The van der Waals surface area contributed by atoms with Gasteiger partial charge in [-0.05, 0) is 37.1 Å². The summed E-state index contributed by atoms with van der Waals surface area (Å²) in [6, 6.07) is 14.1. The highest BCUT2D eigenvalue weighted by atomic mass is 32.1. The molecule has 0 bridgehead atoms. The predicted octanol–water partition coefficient (Wildman–Crippen LogP) is 4.41. The quantitative estimate of drug-likeness (QED) is 0.699. The summed E-state index contributed by atoms with van der Waals surface area (Å²) < 4.78 is 15.0. The van der Waals surface area contributed by atoms with Crippen LogP contribution in [0.25, 0.3) is 10.2 Å². The van der Waals surface area contributed by atoms with E-state index in [1.165, 1.54) is 6.07 Å². The van der Waals surface area contributed by atoms with Crippen molar-refractivity contribution in [2.45, 2.75) is 18.9 Å². The first kappa shape index (κ1) is 14.3. The van der Waals surface area contributed by atoms with Gasteiger partial charge in [-0.15, -0.1) is 11.3 Å². The second kappa shape index (κ2) is 5.74. The Morgan fingerprint density at radius 3 is 2.78 bits per heavy atom.